The Morgan fingerprint density at radius 1 is 1.10 bits per heavy atom. The maximum atomic E-state index is 13.3. The molecule has 2 aromatic rings. The molecule has 0 aromatic heterocycles. The zero-order valence-electron chi connectivity index (χ0n) is 15.9. The number of benzene rings is 2. The summed E-state index contributed by atoms with van der Waals surface area (Å²) in [5.41, 5.74) is 1.70. The zero-order chi connectivity index (χ0) is 21.3. The number of carboxylic acids is 1. The quantitative estimate of drug-likeness (QED) is 0.757. The molecule has 2 aliphatic rings. The van der Waals surface area contributed by atoms with Crippen LogP contribution in [0.4, 0.5) is 0 Å². The van der Waals surface area contributed by atoms with Crippen LogP contribution in [0, 0.1) is 0 Å². The lowest BCUT2D eigenvalue weighted by atomic mass is 9.96. The Balaban J connectivity index is 1.52. The number of rotatable bonds is 5. The smallest absolute Gasteiger partial charge is 0.322 e. The summed E-state index contributed by atoms with van der Waals surface area (Å²) < 4.78 is 33.4. The van der Waals surface area contributed by atoms with E-state index in [4.69, 9.17) is 16.3 Å². The lowest BCUT2D eigenvalue weighted by Crippen LogP contribution is -2.51. The number of halogens is 1. The van der Waals surface area contributed by atoms with Crippen molar-refractivity contribution < 1.29 is 23.1 Å². The third-order valence-corrected chi connectivity index (χ3v) is 7.68. The van der Waals surface area contributed by atoms with E-state index in [1.54, 1.807) is 42.5 Å². The highest BCUT2D eigenvalue weighted by atomic mass is 35.5. The van der Waals surface area contributed by atoms with Crippen molar-refractivity contribution in [2.45, 2.75) is 30.7 Å². The fraction of sp³-hybridized carbons (Fsp3) is 0.227. The highest BCUT2D eigenvalue weighted by Gasteiger charge is 2.42. The second-order valence-corrected chi connectivity index (χ2v) is 9.75. The van der Waals surface area contributed by atoms with E-state index < -0.39 is 27.3 Å². The largest absolute Gasteiger partial charge is 0.480 e. The minimum absolute atomic E-state index is 0.0532. The van der Waals surface area contributed by atoms with Crippen LogP contribution < -0.4 is 4.74 Å². The third-order valence-electron chi connectivity index (χ3n) is 5.28. The second kappa shape index (κ2) is 8.26. The standard InChI is InChI=1S/C22H20ClNO5S/c23-17-5-7-18(8-6-17)29-19-9-11-20(12-10-19)30(27,28)24-14-16-4-2-1-3-15(16)13-21(24)22(25)26/h1-11,20-21H,12-14H2,(H,25,26)/t20?,21-/m1/s1. The average molecular weight is 446 g/mol. The fourth-order valence-corrected chi connectivity index (χ4v) is 5.60. The van der Waals surface area contributed by atoms with E-state index in [1.165, 1.54) is 0 Å². The minimum Gasteiger partial charge on any atom is -0.480 e. The Morgan fingerprint density at radius 3 is 2.43 bits per heavy atom. The van der Waals surface area contributed by atoms with Gasteiger partial charge in [-0.2, -0.15) is 4.31 Å². The highest BCUT2D eigenvalue weighted by Crippen LogP contribution is 2.30. The molecule has 1 aliphatic heterocycles. The number of sulfonamides is 1. The maximum absolute atomic E-state index is 13.3. The zero-order valence-corrected chi connectivity index (χ0v) is 17.5. The van der Waals surface area contributed by atoms with Crippen LogP contribution in [-0.2, 0) is 27.8 Å². The van der Waals surface area contributed by atoms with Crippen molar-refractivity contribution in [3.05, 3.63) is 88.7 Å². The van der Waals surface area contributed by atoms with Gasteiger partial charge in [-0.3, -0.25) is 4.79 Å². The summed E-state index contributed by atoms with van der Waals surface area (Å²) in [4.78, 5) is 11.8. The molecule has 6 nitrogen and oxygen atoms in total. The maximum Gasteiger partial charge on any atom is 0.322 e. The van der Waals surface area contributed by atoms with Gasteiger partial charge >= 0.3 is 5.97 Å². The van der Waals surface area contributed by atoms with Gasteiger partial charge in [0.2, 0.25) is 10.0 Å². The van der Waals surface area contributed by atoms with Crippen LogP contribution in [0.1, 0.15) is 17.5 Å². The van der Waals surface area contributed by atoms with E-state index in [2.05, 4.69) is 0 Å². The summed E-state index contributed by atoms with van der Waals surface area (Å²) in [6.07, 6.45) is 5.21. The first-order chi connectivity index (χ1) is 14.3. The first-order valence-corrected chi connectivity index (χ1v) is 11.3. The Kier molecular flexibility index (Phi) is 5.69. The Bertz CT molecular complexity index is 1120. The van der Waals surface area contributed by atoms with E-state index in [9.17, 15) is 18.3 Å². The van der Waals surface area contributed by atoms with E-state index in [1.807, 2.05) is 24.3 Å². The van der Waals surface area contributed by atoms with Gasteiger partial charge in [0.05, 0.1) is 5.25 Å². The second-order valence-electron chi connectivity index (χ2n) is 7.21. The number of carboxylic acid groups (broad SMARTS) is 1. The van der Waals surface area contributed by atoms with Crippen LogP contribution in [0.2, 0.25) is 5.02 Å². The lowest BCUT2D eigenvalue weighted by Gasteiger charge is -2.35. The number of allylic oxidation sites excluding steroid dienone is 2. The molecule has 2 atom stereocenters. The van der Waals surface area contributed by atoms with E-state index in [0.29, 0.717) is 16.5 Å². The Labute approximate surface area is 180 Å². The van der Waals surface area contributed by atoms with Gasteiger partial charge < -0.3 is 9.84 Å². The number of ether oxygens (including phenoxy) is 1. The molecular formula is C22H20ClNO5S. The average Bonchev–Trinajstić information content (AvgIpc) is 2.75. The van der Waals surface area contributed by atoms with E-state index in [-0.39, 0.29) is 19.4 Å². The Hall–Kier alpha value is -2.61. The van der Waals surface area contributed by atoms with Gasteiger partial charge in [-0.15, -0.1) is 0 Å². The first kappa shape index (κ1) is 20.7. The van der Waals surface area contributed by atoms with Crippen molar-refractivity contribution in [1.82, 2.24) is 4.31 Å². The third kappa shape index (κ3) is 4.14. The lowest BCUT2D eigenvalue weighted by molar-refractivity contribution is -0.141. The van der Waals surface area contributed by atoms with Crippen LogP contribution in [-0.4, -0.2) is 35.1 Å². The normalized spacial score (nSPS) is 21.6. The van der Waals surface area contributed by atoms with Crippen LogP contribution in [0.3, 0.4) is 0 Å². The molecule has 156 valence electrons. The molecule has 0 amide bonds. The molecule has 8 heteroatoms. The summed E-state index contributed by atoms with van der Waals surface area (Å²) >= 11 is 5.87. The van der Waals surface area contributed by atoms with Gasteiger partial charge in [0, 0.05) is 18.0 Å². The molecule has 0 saturated carbocycles. The van der Waals surface area contributed by atoms with Crippen molar-refractivity contribution in [3.8, 4) is 5.75 Å². The topological polar surface area (TPSA) is 83.9 Å². The summed E-state index contributed by atoms with van der Waals surface area (Å²) in [6, 6.07) is 13.1. The van der Waals surface area contributed by atoms with Crippen molar-refractivity contribution in [2.75, 3.05) is 0 Å². The van der Waals surface area contributed by atoms with Crippen molar-refractivity contribution in [2.24, 2.45) is 0 Å². The van der Waals surface area contributed by atoms with Crippen LogP contribution in [0.5, 0.6) is 5.75 Å². The van der Waals surface area contributed by atoms with Crippen molar-refractivity contribution in [1.29, 1.82) is 0 Å². The van der Waals surface area contributed by atoms with Gasteiger partial charge in [0.15, 0.2) is 0 Å². The number of hydrogen-bond acceptors (Lipinski definition) is 4. The number of hydrogen-bond donors (Lipinski definition) is 1. The summed E-state index contributed by atoms with van der Waals surface area (Å²) in [5.74, 6) is -0.0205. The van der Waals surface area contributed by atoms with Crippen LogP contribution in [0.15, 0.2) is 72.5 Å². The van der Waals surface area contributed by atoms with Gasteiger partial charge in [-0.1, -0.05) is 41.9 Å². The monoisotopic (exact) mass is 445 g/mol. The van der Waals surface area contributed by atoms with Crippen LogP contribution >= 0.6 is 11.6 Å². The van der Waals surface area contributed by atoms with Gasteiger partial charge in [-0.25, -0.2) is 8.42 Å². The van der Waals surface area contributed by atoms with E-state index in [0.717, 1.165) is 15.4 Å². The molecule has 0 saturated heterocycles. The molecule has 1 heterocycles. The molecule has 1 aliphatic carbocycles. The van der Waals surface area contributed by atoms with Crippen molar-refractivity contribution >= 4 is 27.6 Å². The summed E-state index contributed by atoms with van der Waals surface area (Å²) in [7, 11) is -3.88. The summed E-state index contributed by atoms with van der Waals surface area (Å²) in [5, 5.41) is 9.41. The van der Waals surface area contributed by atoms with Gasteiger partial charge in [-0.05, 0) is 54.0 Å². The molecule has 0 spiro atoms. The number of fused-ring (bicyclic) bond motifs is 1. The molecule has 0 radical (unpaired) electrons. The number of nitrogens with zero attached hydrogens (tertiary/aromatic N) is 1. The number of carbonyl (C=O) groups is 1. The highest BCUT2D eigenvalue weighted by molar-refractivity contribution is 7.89. The van der Waals surface area contributed by atoms with Crippen LogP contribution in [0.25, 0.3) is 0 Å². The molecule has 30 heavy (non-hydrogen) atoms. The fourth-order valence-electron chi connectivity index (χ4n) is 3.67. The molecule has 0 fully saturated rings. The molecule has 4 rings (SSSR count). The minimum atomic E-state index is -3.88. The molecule has 1 unspecified atom stereocenters. The predicted octanol–water partition coefficient (Wildman–Crippen LogP) is 3.77. The van der Waals surface area contributed by atoms with Crippen molar-refractivity contribution in [3.63, 3.8) is 0 Å². The SMILES string of the molecule is O=C(O)[C@H]1Cc2ccccc2CN1S(=O)(=O)C1C=CC(Oc2ccc(Cl)cc2)=CC1. The van der Waals surface area contributed by atoms with Gasteiger partial charge in [0.25, 0.3) is 0 Å². The molecule has 2 aromatic carbocycles. The number of aliphatic carboxylic acids is 1. The Morgan fingerprint density at radius 2 is 1.80 bits per heavy atom. The predicted molar refractivity (Wildman–Crippen MR) is 114 cm³/mol. The first-order valence-electron chi connectivity index (χ1n) is 9.46. The van der Waals surface area contributed by atoms with E-state index >= 15 is 0 Å². The van der Waals surface area contributed by atoms with Gasteiger partial charge in [0.1, 0.15) is 17.6 Å². The molecule has 1 N–H and O–H groups in total. The molecule has 0 bridgehead atoms. The summed E-state index contributed by atoms with van der Waals surface area (Å²) in [6.45, 7) is 0.0532. The molecular weight excluding hydrogens is 426 g/mol.